The monoisotopic (exact) mass is 226 g/mol. The Morgan fingerprint density at radius 1 is 1.25 bits per heavy atom. The summed E-state index contributed by atoms with van der Waals surface area (Å²) in [4.78, 5) is 34.9. The molecule has 0 saturated carbocycles. The van der Waals surface area contributed by atoms with Crippen LogP contribution in [-0.2, 0) is 14.4 Å². The van der Waals surface area contributed by atoms with Crippen molar-refractivity contribution in [2.45, 2.75) is 39.2 Å². The predicted molar refractivity (Wildman–Crippen MR) is 58.7 cm³/mol. The predicted octanol–water partition coefficient (Wildman–Crippen LogP) is 0.0926. The summed E-state index contributed by atoms with van der Waals surface area (Å²) < 4.78 is 0. The van der Waals surface area contributed by atoms with Gasteiger partial charge in [0.2, 0.25) is 11.8 Å². The molecule has 90 valence electrons. The molecule has 1 fully saturated rings. The molecule has 1 N–H and O–H groups in total. The molecule has 0 radical (unpaired) electrons. The number of carbonyl (C=O) groups is 3. The second-order valence-corrected chi connectivity index (χ2v) is 4.23. The molecule has 1 aliphatic heterocycles. The SMILES string of the molecule is CC(=O)CCC(=O)N1CCC(NC(C)=O)C1. The number of nitrogens with one attached hydrogen (secondary N) is 1. The molecule has 1 aliphatic rings. The number of carbonyl (C=O) groups excluding carboxylic acids is 3. The number of ketones is 1. The van der Waals surface area contributed by atoms with Gasteiger partial charge in [0.15, 0.2) is 0 Å². The van der Waals surface area contributed by atoms with E-state index in [1.54, 1.807) is 4.90 Å². The van der Waals surface area contributed by atoms with E-state index in [4.69, 9.17) is 0 Å². The molecule has 2 amide bonds. The summed E-state index contributed by atoms with van der Waals surface area (Å²) in [6.45, 7) is 4.19. The Hall–Kier alpha value is -1.39. The van der Waals surface area contributed by atoms with Crippen molar-refractivity contribution in [3.05, 3.63) is 0 Å². The van der Waals surface area contributed by atoms with Crippen LogP contribution in [0.3, 0.4) is 0 Å². The van der Waals surface area contributed by atoms with E-state index in [0.717, 1.165) is 6.42 Å². The molecular weight excluding hydrogens is 208 g/mol. The van der Waals surface area contributed by atoms with Gasteiger partial charge in [0, 0.05) is 38.9 Å². The van der Waals surface area contributed by atoms with E-state index in [-0.39, 0.29) is 30.1 Å². The van der Waals surface area contributed by atoms with E-state index in [9.17, 15) is 14.4 Å². The molecule has 16 heavy (non-hydrogen) atoms. The van der Waals surface area contributed by atoms with Crippen molar-refractivity contribution in [2.75, 3.05) is 13.1 Å². The third kappa shape index (κ3) is 4.00. The van der Waals surface area contributed by atoms with Crippen LogP contribution in [0.4, 0.5) is 0 Å². The fourth-order valence-electron chi connectivity index (χ4n) is 1.83. The van der Waals surface area contributed by atoms with Crippen LogP contribution in [0, 0.1) is 0 Å². The standard InChI is InChI=1S/C11H18N2O3/c1-8(14)3-4-11(16)13-6-5-10(7-13)12-9(2)15/h10H,3-7H2,1-2H3,(H,12,15). The summed E-state index contributed by atoms with van der Waals surface area (Å²) in [6.07, 6.45) is 1.38. The van der Waals surface area contributed by atoms with Crippen LogP contribution >= 0.6 is 0 Å². The van der Waals surface area contributed by atoms with E-state index in [0.29, 0.717) is 19.5 Å². The Morgan fingerprint density at radius 2 is 1.94 bits per heavy atom. The fraction of sp³-hybridized carbons (Fsp3) is 0.727. The van der Waals surface area contributed by atoms with Crippen LogP contribution in [0.1, 0.15) is 33.1 Å². The number of rotatable bonds is 4. The van der Waals surface area contributed by atoms with Gasteiger partial charge in [0.1, 0.15) is 5.78 Å². The number of hydrogen-bond donors (Lipinski definition) is 1. The van der Waals surface area contributed by atoms with Gasteiger partial charge in [-0.1, -0.05) is 0 Å². The van der Waals surface area contributed by atoms with E-state index in [1.807, 2.05) is 0 Å². The molecule has 1 unspecified atom stereocenters. The first-order valence-corrected chi connectivity index (χ1v) is 5.53. The number of hydrogen-bond acceptors (Lipinski definition) is 3. The largest absolute Gasteiger partial charge is 0.352 e. The van der Waals surface area contributed by atoms with Gasteiger partial charge in [-0.3, -0.25) is 9.59 Å². The molecule has 1 saturated heterocycles. The van der Waals surface area contributed by atoms with Crippen molar-refractivity contribution in [2.24, 2.45) is 0 Å². The minimum absolute atomic E-state index is 0.00283. The molecule has 1 rings (SSSR count). The number of likely N-dealkylation sites (tertiary alicyclic amines) is 1. The second kappa shape index (κ2) is 5.63. The van der Waals surface area contributed by atoms with Crippen molar-refractivity contribution in [3.63, 3.8) is 0 Å². The van der Waals surface area contributed by atoms with Crippen LogP contribution in [0.2, 0.25) is 0 Å². The van der Waals surface area contributed by atoms with E-state index in [1.165, 1.54) is 13.8 Å². The van der Waals surface area contributed by atoms with Gasteiger partial charge in [-0.05, 0) is 13.3 Å². The van der Waals surface area contributed by atoms with Gasteiger partial charge in [-0.25, -0.2) is 0 Å². The maximum atomic E-state index is 11.6. The van der Waals surface area contributed by atoms with Gasteiger partial charge >= 0.3 is 0 Å². The van der Waals surface area contributed by atoms with Crippen LogP contribution in [0.5, 0.6) is 0 Å². The molecule has 0 bridgehead atoms. The third-order valence-electron chi connectivity index (χ3n) is 2.64. The van der Waals surface area contributed by atoms with E-state index in [2.05, 4.69) is 5.32 Å². The van der Waals surface area contributed by atoms with Crippen molar-refractivity contribution in [1.29, 1.82) is 0 Å². The molecule has 5 nitrogen and oxygen atoms in total. The molecule has 1 heterocycles. The highest BCUT2D eigenvalue weighted by Crippen LogP contribution is 2.11. The van der Waals surface area contributed by atoms with Gasteiger partial charge < -0.3 is 15.0 Å². The molecule has 0 aliphatic carbocycles. The molecule has 0 aromatic carbocycles. The summed E-state index contributed by atoms with van der Waals surface area (Å²) in [6, 6.07) is 0.0683. The molecule has 0 aromatic heterocycles. The summed E-state index contributed by atoms with van der Waals surface area (Å²) >= 11 is 0. The van der Waals surface area contributed by atoms with Gasteiger partial charge in [-0.2, -0.15) is 0 Å². The minimum atomic E-state index is -0.0666. The highest BCUT2D eigenvalue weighted by atomic mass is 16.2. The zero-order valence-corrected chi connectivity index (χ0v) is 9.78. The highest BCUT2D eigenvalue weighted by Gasteiger charge is 2.26. The maximum absolute atomic E-state index is 11.6. The summed E-state index contributed by atoms with van der Waals surface area (Å²) in [7, 11) is 0. The normalized spacial score (nSPS) is 19.6. The molecule has 1 atom stereocenters. The van der Waals surface area contributed by atoms with Crippen LogP contribution in [0.15, 0.2) is 0 Å². The van der Waals surface area contributed by atoms with E-state index >= 15 is 0 Å². The van der Waals surface area contributed by atoms with Crippen LogP contribution < -0.4 is 5.32 Å². The lowest BCUT2D eigenvalue weighted by Crippen LogP contribution is -2.37. The van der Waals surface area contributed by atoms with E-state index < -0.39 is 0 Å². The number of Topliss-reactive ketones (excluding diaryl/α,β-unsaturated/α-hetero) is 1. The molecule has 5 heteroatoms. The van der Waals surface area contributed by atoms with Crippen LogP contribution in [-0.4, -0.2) is 41.6 Å². The molecule has 0 spiro atoms. The highest BCUT2D eigenvalue weighted by molar-refractivity contribution is 5.83. The lowest BCUT2D eigenvalue weighted by atomic mass is 10.2. The lowest BCUT2D eigenvalue weighted by Gasteiger charge is -2.16. The average Bonchev–Trinajstić information content (AvgIpc) is 2.61. The van der Waals surface area contributed by atoms with Gasteiger partial charge in [0.25, 0.3) is 0 Å². The third-order valence-corrected chi connectivity index (χ3v) is 2.64. The van der Waals surface area contributed by atoms with Crippen molar-refractivity contribution >= 4 is 17.6 Å². The van der Waals surface area contributed by atoms with Crippen molar-refractivity contribution < 1.29 is 14.4 Å². The quantitative estimate of drug-likeness (QED) is 0.739. The Bertz CT molecular complexity index is 302. The summed E-state index contributed by atoms with van der Waals surface area (Å²) in [5.74, 6) is -0.0305. The zero-order chi connectivity index (χ0) is 12.1. The maximum Gasteiger partial charge on any atom is 0.223 e. The first-order chi connectivity index (χ1) is 7.49. The summed E-state index contributed by atoms with van der Waals surface area (Å²) in [5.41, 5.74) is 0. The zero-order valence-electron chi connectivity index (χ0n) is 9.78. The lowest BCUT2D eigenvalue weighted by molar-refractivity contribution is -0.132. The average molecular weight is 226 g/mol. The number of amides is 2. The minimum Gasteiger partial charge on any atom is -0.352 e. The Morgan fingerprint density at radius 3 is 2.50 bits per heavy atom. The Balaban J connectivity index is 2.32. The van der Waals surface area contributed by atoms with Gasteiger partial charge in [-0.15, -0.1) is 0 Å². The fourth-order valence-corrected chi connectivity index (χ4v) is 1.83. The first kappa shape index (κ1) is 12.7. The topological polar surface area (TPSA) is 66.5 Å². The Labute approximate surface area is 95.2 Å². The smallest absolute Gasteiger partial charge is 0.223 e. The molecular formula is C11H18N2O3. The number of nitrogens with zero attached hydrogens (tertiary/aromatic N) is 1. The van der Waals surface area contributed by atoms with Crippen molar-refractivity contribution in [3.8, 4) is 0 Å². The Kier molecular flexibility index (Phi) is 4.46. The molecule has 0 aromatic rings. The first-order valence-electron chi connectivity index (χ1n) is 5.53. The summed E-state index contributed by atoms with van der Waals surface area (Å²) in [5, 5.41) is 2.79. The van der Waals surface area contributed by atoms with Crippen LogP contribution in [0.25, 0.3) is 0 Å². The van der Waals surface area contributed by atoms with Crippen molar-refractivity contribution in [1.82, 2.24) is 10.2 Å². The second-order valence-electron chi connectivity index (χ2n) is 4.23. The van der Waals surface area contributed by atoms with Gasteiger partial charge in [0.05, 0.1) is 0 Å².